The van der Waals surface area contributed by atoms with Gasteiger partial charge in [0.25, 0.3) is 5.91 Å². The van der Waals surface area contributed by atoms with E-state index >= 15 is 0 Å². The molecule has 248 valence electrons. The van der Waals surface area contributed by atoms with Gasteiger partial charge in [-0.2, -0.15) is 0 Å². The first-order valence-electron chi connectivity index (χ1n) is 15.2. The number of rotatable bonds is 9. The largest absolute Gasteiger partial charge is 0.507 e. The summed E-state index contributed by atoms with van der Waals surface area (Å²) in [5, 5.41) is 14.2. The Labute approximate surface area is 267 Å². The summed E-state index contributed by atoms with van der Waals surface area (Å²) in [6.45, 7) is 5.54. The Morgan fingerprint density at radius 1 is 1.04 bits per heavy atom. The van der Waals surface area contributed by atoms with Crippen LogP contribution in [0.25, 0.3) is 0 Å². The summed E-state index contributed by atoms with van der Waals surface area (Å²) in [5.41, 5.74) is -1.76. The van der Waals surface area contributed by atoms with E-state index in [9.17, 15) is 33.9 Å². The molecule has 0 fully saturated rings. The normalized spacial score (nSPS) is 23.7. The number of hydrogen-bond acceptors (Lipinski definition) is 12. The molecular formula is C33H41N3O10. The maximum atomic E-state index is 14.6. The number of likely N-dealkylation sites (N-methyl/N-ethyl adjacent to an activating group) is 1. The molecule has 13 nitrogen and oxygen atoms in total. The summed E-state index contributed by atoms with van der Waals surface area (Å²) >= 11 is 0. The lowest BCUT2D eigenvalue weighted by atomic mass is 9.58. The Morgan fingerprint density at radius 2 is 1.72 bits per heavy atom. The molecule has 0 aliphatic heterocycles. The maximum absolute atomic E-state index is 14.6. The lowest BCUT2D eigenvalue weighted by Gasteiger charge is -2.52. The minimum Gasteiger partial charge on any atom is -0.507 e. The average molecular weight is 640 g/mol. The molecule has 0 bridgehead atoms. The number of nitrogens with one attached hydrogen (secondary N) is 1. The molecule has 0 saturated carbocycles. The molecular weight excluding hydrogens is 598 g/mol. The van der Waals surface area contributed by atoms with Crippen molar-refractivity contribution in [3.05, 3.63) is 45.9 Å². The van der Waals surface area contributed by atoms with Gasteiger partial charge < -0.3 is 24.2 Å². The smallest absolute Gasteiger partial charge is 0.307 e. The zero-order chi connectivity index (χ0) is 34.2. The standard InChI is InChI=1S/C33H41N3O10/c1-9-10-13-44-23-12-11-22(35(5)6)20-14-19-15-21-27(36(7)8)29(45-17(3)38)26(32(43)34-16(2)37)31(42)33(21,46-18(4)39)30(41)24(19)28(40)25(20)23/h11-12,19,21,27,41H,9-10,13-15H2,1-8H3,(H,34,37,43). The van der Waals surface area contributed by atoms with Crippen LogP contribution in [-0.4, -0.2) is 91.8 Å². The number of fused-ring (bicyclic) bond motifs is 3. The third kappa shape index (κ3) is 5.79. The van der Waals surface area contributed by atoms with E-state index in [0.717, 1.165) is 39.3 Å². The van der Waals surface area contributed by atoms with Crippen LogP contribution in [0, 0.1) is 11.8 Å². The molecule has 0 spiro atoms. The fourth-order valence-corrected chi connectivity index (χ4v) is 6.91. The van der Waals surface area contributed by atoms with Crippen molar-refractivity contribution in [2.75, 3.05) is 39.7 Å². The lowest BCUT2D eigenvalue weighted by Crippen LogP contribution is -2.65. The van der Waals surface area contributed by atoms with Crippen molar-refractivity contribution < 1.29 is 48.1 Å². The summed E-state index contributed by atoms with van der Waals surface area (Å²) in [4.78, 5) is 82.9. The van der Waals surface area contributed by atoms with E-state index in [2.05, 4.69) is 0 Å². The number of nitrogens with zero attached hydrogens (tertiary/aromatic N) is 2. The van der Waals surface area contributed by atoms with Crippen LogP contribution >= 0.6 is 0 Å². The molecule has 3 aliphatic carbocycles. The van der Waals surface area contributed by atoms with Crippen molar-refractivity contribution in [2.24, 2.45) is 11.8 Å². The quantitative estimate of drug-likeness (QED) is 0.230. The molecule has 2 N–H and O–H groups in total. The SMILES string of the molecule is CCCCOc1ccc(N(C)C)c2c1C(=O)C1=C(O)C3(OC(C)=O)C(=O)C(C(=O)NC(C)=O)=C(OC(C)=O)C(N(C)C)C3CC1C2. The maximum Gasteiger partial charge on any atom is 0.307 e. The van der Waals surface area contributed by atoms with Gasteiger partial charge in [-0.3, -0.25) is 39.0 Å². The number of esters is 2. The topological polar surface area (TPSA) is 169 Å². The van der Waals surface area contributed by atoms with Crippen LogP contribution in [0.5, 0.6) is 5.75 Å². The average Bonchev–Trinajstić information content (AvgIpc) is 2.93. The van der Waals surface area contributed by atoms with Gasteiger partial charge in [-0.1, -0.05) is 13.3 Å². The number of unbranched alkanes of at least 4 members (excludes halogenated alkanes) is 1. The number of carbonyl (C=O) groups is 6. The van der Waals surface area contributed by atoms with Gasteiger partial charge in [0.1, 0.15) is 17.1 Å². The number of allylic oxidation sites excluding steroid dienone is 1. The number of carbonyl (C=O) groups excluding carboxylic acids is 6. The van der Waals surface area contributed by atoms with Crippen molar-refractivity contribution in [1.82, 2.24) is 10.2 Å². The van der Waals surface area contributed by atoms with Crippen LogP contribution in [0.1, 0.15) is 62.9 Å². The van der Waals surface area contributed by atoms with Crippen molar-refractivity contribution in [1.29, 1.82) is 0 Å². The van der Waals surface area contributed by atoms with Gasteiger partial charge in [0.05, 0.1) is 18.2 Å². The van der Waals surface area contributed by atoms with Crippen molar-refractivity contribution in [2.45, 2.75) is 65.0 Å². The third-order valence-electron chi connectivity index (χ3n) is 8.58. The molecule has 2 amide bonds. The summed E-state index contributed by atoms with van der Waals surface area (Å²) in [6, 6.07) is 2.47. The molecule has 0 aromatic heterocycles. The molecule has 0 heterocycles. The summed E-state index contributed by atoms with van der Waals surface area (Å²) in [6.07, 6.45) is 1.90. The Bertz CT molecular complexity index is 1570. The predicted octanol–water partition coefficient (Wildman–Crippen LogP) is 2.41. The zero-order valence-electron chi connectivity index (χ0n) is 27.4. The molecule has 13 heteroatoms. The van der Waals surface area contributed by atoms with Crippen LogP contribution in [0.3, 0.4) is 0 Å². The highest BCUT2D eigenvalue weighted by Crippen LogP contribution is 2.55. The van der Waals surface area contributed by atoms with Crippen molar-refractivity contribution in [3.63, 3.8) is 0 Å². The Balaban J connectivity index is 2.05. The third-order valence-corrected chi connectivity index (χ3v) is 8.58. The van der Waals surface area contributed by atoms with Gasteiger partial charge in [0.2, 0.25) is 17.3 Å². The van der Waals surface area contributed by atoms with Crippen LogP contribution in [0.2, 0.25) is 0 Å². The summed E-state index contributed by atoms with van der Waals surface area (Å²) in [5.74, 6) is -8.25. The van der Waals surface area contributed by atoms with Gasteiger partial charge in [-0.15, -0.1) is 0 Å². The molecule has 4 atom stereocenters. The number of Topliss-reactive ketones (excluding diaryl/α,β-unsaturated/α-hetero) is 2. The second-order valence-corrected chi connectivity index (χ2v) is 12.3. The van der Waals surface area contributed by atoms with E-state index in [4.69, 9.17) is 14.2 Å². The molecule has 0 saturated heterocycles. The van der Waals surface area contributed by atoms with E-state index < -0.39 is 70.1 Å². The van der Waals surface area contributed by atoms with Crippen molar-refractivity contribution in [3.8, 4) is 5.75 Å². The minimum absolute atomic E-state index is 0.0204. The Kier molecular flexibility index (Phi) is 9.76. The van der Waals surface area contributed by atoms with E-state index in [0.29, 0.717) is 17.9 Å². The van der Waals surface area contributed by atoms with E-state index in [1.807, 2.05) is 37.3 Å². The summed E-state index contributed by atoms with van der Waals surface area (Å²) in [7, 11) is 6.90. The van der Waals surface area contributed by atoms with E-state index in [-0.39, 0.29) is 29.7 Å². The number of anilines is 1. The molecule has 1 aromatic rings. The van der Waals surface area contributed by atoms with Crippen molar-refractivity contribution >= 4 is 41.0 Å². The molecule has 4 rings (SSSR count). The van der Waals surface area contributed by atoms with Crippen LogP contribution < -0.4 is 15.0 Å². The molecule has 0 radical (unpaired) electrons. The lowest BCUT2D eigenvalue weighted by molar-refractivity contribution is -0.178. The fourth-order valence-electron chi connectivity index (χ4n) is 6.91. The minimum atomic E-state index is -2.55. The molecule has 1 aromatic carbocycles. The molecule has 46 heavy (non-hydrogen) atoms. The van der Waals surface area contributed by atoms with Gasteiger partial charge >= 0.3 is 11.9 Å². The second kappa shape index (κ2) is 13.1. The number of benzene rings is 1. The number of ether oxygens (including phenoxy) is 3. The highest BCUT2D eigenvalue weighted by Gasteiger charge is 2.67. The first-order chi connectivity index (χ1) is 21.6. The number of ketones is 2. The van der Waals surface area contributed by atoms with Crippen LogP contribution in [0.4, 0.5) is 5.69 Å². The predicted molar refractivity (Wildman–Crippen MR) is 165 cm³/mol. The second-order valence-electron chi connectivity index (χ2n) is 12.3. The van der Waals surface area contributed by atoms with Gasteiger partial charge in [0, 0.05) is 52.0 Å². The summed E-state index contributed by atoms with van der Waals surface area (Å²) < 4.78 is 17.2. The first-order valence-corrected chi connectivity index (χ1v) is 15.2. The number of aliphatic hydroxyl groups is 1. The van der Waals surface area contributed by atoms with Crippen LogP contribution in [-0.2, 0) is 39.9 Å². The number of amides is 2. The number of aliphatic hydroxyl groups excluding tert-OH is 1. The van der Waals surface area contributed by atoms with E-state index in [1.54, 1.807) is 25.1 Å². The number of imide groups is 1. The van der Waals surface area contributed by atoms with E-state index in [1.165, 1.54) is 0 Å². The Hall–Kier alpha value is -4.52. The first kappa shape index (κ1) is 34.4. The molecule has 4 unspecified atom stereocenters. The number of hydrogen-bond donors (Lipinski definition) is 2. The Morgan fingerprint density at radius 3 is 2.26 bits per heavy atom. The zero-order valence-corrected chi connectivity index (χ0v) is 27.4. The fraction of sp³-hybridized carbons (Fsp3) is 0.515. The highest BCUT2D eigenvalue weighted by molar-refractivity contribution is 6.27. The monoisotopic (exact) mass is 639 g/mol. The van der Waals surface area contributed by atoms with Crippen LogP contribution in [0.15, 0.2) is 34.8 Å². The van der Waals surface area contributed by atoms with Gasteiger partial charge in [0.15, 0.2) is 11.5 Å². The molecule has 3 aliphatic rings. The van der Waals surface area contributed by atoms with Gasteiger partial charge in [-0.25, -0.2) is 0 Å². The van der Waals surface area contributed by atoms with Gasteiger partial charge in [-0.05, 0) is 57.0 Å². The highest BCUT2D eigenvalue weighted by atomic mass is 16.6.